The van der Waals surface area contributed by atoms with Gasteiger partial charge in [0.25, 0.3) is 0 Å². The van der Waals surface area contributed by atoms with Crippen molar-refractivity contribution < 1.29 is 22.8 Å². The molecule has 0 saturated carbocycles. The SMILES string of the molecule is CCO[Si](CCCC=CC(CC)OCC1CO1)(OCC)OCC. The lowest BCUT2D eigenvalue weighted by molar-refractivity contribution is 0.0695. The van der Waals surface area contributed by atoms with Crippen LogP contribution in [0.25, 0.3) is 0 Å². The van der Waals surface area contributed by atoms with Gasteiger partial charge in [0.05, 0.1) is 19.3 Å². The van der Waals surface area contributed by atoms with E-state index in [1.54, 1.807) is 0 Å². The lowest BCUT2D eigenvalue weighted by atomic mass is 10.2. The molecule has 0 aromatic rings. The Labute approximate surface area is 142 Å². The van der Waals surface area contributed by atoms with Gasteiger partial charge in [-0.05, 0) is 40.0 Å². The molecule has 0 aromatic heterocycles. The predicted molar refractivity (Wildman–Crippen MR) is 93.6 cm³/mol. The molecular formula is C17H34O5Si. The van der Waals surface area contributed by atoms with E-state index in [0.717, 1.165) is 31.9 Å². The van der Waals surface area contributed by atoms with Crippen LogP contribution in [0.4, 0.5) is 0 Å². The Hall–Kier alpha value is -0.243. The average Bonchev–Trinajstić information content (AvgIpc) is 3.35. The quantitative estimate of drug-likeness (QED) is 0.196. The Morgan fingerprint density at radius 3 is 2.17 bits per heavy atom. The zero-order valence-electron chi connectivity index (χ0n) is 15.2. The van der Waals surface area contributed by atoms with Crippen LogP contribution in [0.3, 0.4) is 0 Å². The van der Waals surface area contributed by atoms with Gasteiger partial charge in [-0.2, -0.15) is 0 Å². The largest absolute Gasteiger partial charge is 0.500 e. The molecule has 0 bridgehead atoms. The summed E-state index contributed by atoms with van der Waals surface area (Å²) in [5, 5.41) is 0. The lowest BCUT2D eigenvalue weighted by Gasteiger charge is -2.28. The summed E-state index contributed by atoms with van der Waals surface area (Å²) in [6.45, 7) is 11.6. The maximum Gasteiger partial charge on any atom is 0.500 e. The van der Waals surface area contributed by atoms with E-state index in [-0.39, 0.29) is 6.10 Å². The number of hydrogen-bond donors (Lipinski definition) is 0. The summed E-state index contributed by atoms with van der Waals surface area (Å²) >= 11 is 0. The number of unbranched alkanes of at least 4 members (excludes halogenated alkanes) is 1. The highest BCUT2D eigenvalue weighted by molar-refractivity contribution is 6.60. The van der Waals surface area contributed by atoms with Crippen LogP contribution in [0.5, 0.6) is 0 Å². The fraction of sp³-hybridized carbons (Fsp3) is 0.882. The Balaban J connectivity index is 2.30. The zero-order chi connectivity index (χ0) is 17.0. The molecule has 0 radical (unpaired) electrons. The number of hydrogen-bond acceptors (Lipinski definition) is 5. The fourth-order valence-electron chi connectivity index (χ4n) is 2.39. The van der Waals surface area contributed by atoms with E-state index in [0.29, 0.717) is 32.5 Å². The Morgan fingerprint density at radius 1 is 1.09 bits per heavy atom. The van der Waals surface area contributed by atoms with Gasteiger partial charge >= 0.3 is 8.80 Å². The molecule has 1 aliphatic rings. The van der Waals surface area contributed by atoms with Crippen LogP contribution in [0, 0.1) is 0 Å². The minimum absolute atomic E-state index is 0.187. The van der Waals surface area contributed by atoms with E-state index in [4.69, 9.17) is 22.8 Å². The first-order valence-corrected chi connectivity index (χ1v) is 10.9. The molecule has 1 saturated heterocycles. The first-order valence-electron chi connectivity index (χ1n) is 9.01. The molecule has 0 N–H and O–H groups in total. The van der Waals surface area contributed by atoms with E-state index >= 15 is 0 Å². The van der Waals surface area contributed by atoms with Crippen LogP contribution < -0.4 is 0 Å². The summed E-state index contributed by atoms with van der Waals surface area (Å²) in [5.74, 6) is 0. The molecule has 136 valence electrons. The maximum atomic E-state index is 5.86. The van der Waals surface area contributed by atoms with Crippen molar-refractivity contribution >= 4 is 8.80 Å². The molecule has 0 amide bonds. The molecule has 6 heteroatoms. The van der Waals surface area contributed by atoms with Crippen LogP contribution in [-0.2, 0) is 22.8 Å². The maximum absolute atomic E-state index is 5.86. The van der Waals surface area contributed by atoms with Gasteiger partial charge in [-0.25, -0.2) is 0 Å². The minimum atomic E-state index is -2.48. The second kappa shape index (κ2) is 12.2. The summed E-state index contributed by atoms with van der Waals surface area (Å²) in [6.07, 6.45) is 7.85. The number of rotatable bonds is 15. The van der Waals surface area contributed by atoms with Gasteiger partial charge in [0, 0.05) is 25.9 Å². The van der Waals surface area contributed by atoms with Gasteiger partial charge in [-0.3, -0.25) is 0 Å². The smallest absolute Gasteiger partial charge is 0.374 e. The molecule has 2 atom stereocenters. The van der Waals surface area contributed by atoms with Crippen molar-refractivity contribution in [2.24, 2.45) is 0 Å². The van der Waals surface area contributed by atoms with E-state index in [1.165, 1.54) is 0 Å². The number of allylic oxidation sites excluding steroid dienone is 1. The van der Waals surface area contributed by atoms with Gasteiger partial charge in [0.2, 0.25) is 0 Å². The molecule has 0 aromatic carbocycles. The monoisotopic (exact) mass is 346 g/mol. The van der Waals surface area contributed by atoms with Crippen LogP contribution in [0.2, 0.25) is 6.04 Å². The third-order valence-corrected chi connectivity index (χ3v) is 6.75. The van der Waals surface area contributed by atoms with Gasteiger partial charge < -0.3 is 22.8 Å². The molecule has 2 unspecified atom stereocenters. The fourth-order valence-corrected chi connectivity index (χ4v) is 5.03. The topological polar surface area (TPSA) is 49.5 Å². The molecule has 0 spiro atoms. The van der Waals surface area contributed by atoms with Crippen molar-refractivity contribution in [3.63, 3.8) is 0 Å². The Kier molecular flexibility index (Phi) is 11.0. The molecule has 1 aliphatic heterocycles. The van der Waals surface area contributed by atoms with Gasteiger partial charge in [0.15, 0.2) is 0 Å². The van der Waals surface area contributed by atoms with Gasteiger partial charge in [-0.1, -0.05) is 19.1 Å². The number of epoxide rings is 1. The summed E-state index contributed by atoms with van der Waals surface area (Å²) in [4.78, 5) is 0. The van der Waals surface area contributed by atoms with Crippen LogP contribution in [-0.4, -0.2) is 54.0 Å². The van der Waals surface area contributed by atoms with Crippen molar-refractivity contribution in [3.8, 4) is 0 Å². The average molecular weight is 347 g/mol. The molecule has 5 nitrogen and oxygen atoms in total. The highest BCUT2D eigenvalue weighted by Crippen LogP contribution is 2.19. The lowest BCUT2D eigenvalue weighted by Crippen LogP contribution is -2.45. The van der Waals surface area contributed by atoms with Crippen LogP contribution in [0.1, 0.15) is 47.0 Å². The van der Waals surface area contributed by atoms with Crippen molar-refractivity contribution in [2.45, 2.75) is 65.2 Å². The van der Waals surface area contributed by atoms with Crippen molar-refractivity contribution in [2.75, 3.05) is 33.0 Å². The second-order valence-electron chi connectivity index (χ2n) is 5.54. The normalized spacial score (nSPS) is 19.4. The summed E-state index contributed by atoms with van der Waals surface area (Å²) in [5.41, 5.74) is 0. The first-order chi connectivity index (χ1) is 11.2. The van der Waals surface area contributed by atoms with E-state index in [2.05, 4.69) is 19.1 Å². The molecule has 23 heavy (non-hydrogen) atoms. The van der Waals surface area contributed by atoms with E-state index < -0.39 is 8.80 Å². The Morgan fingerprint density at radius 2 is 1.70 bits per heavy atom. The minimum Gasteiger partial charge on any atom is -0.374 e. The third kappa shape index (κ3) is 8.98. The first kappa shape index (κ1) is 20.8. The predicted octanol–water partition coefficient (Wildman–Crippen LogP) is 3.57. The summed E-state index contributed by atoms with van der Waals surface area (Å²) in [7, 11) is -2.48. The molecule has 1 fully saturated rings. The van der Waals surface area contributed by atoms with Crippen molar-refractivity contribution in [3.05, 3.63) is 12.2 Å². The highest BCUT2D eigenvalue weighted by atomic mass is 28.4. The standard InChI is InChI=1S/C17H34O5Si/c1-5-16(18-14-17-15-19-17)12-10-9-11-13-23(20-6-2,21-7-3)22-8-4/h10,12,16-17H,5-9,11,13-15H2,1-4H3. The molecule has 1 heterocycles. The summed E-state index contributed by atoms with van der Waals surface area (Å²) in [6, 6.07) is 0.862. The molecule has 0 aliphatic carbocycles. The highest BCUT2D eigenvalue weighted by Gasteiger charge is 2.39. The molecule has 1 rings (SSSR count). The van der Waals surface area contributed by atoms with E-state index in [1.807, 2.05) is 20.8 Å². The van der Waals surface area contributed by atoms with Crippen LogP contribution >= 0.6 is 0 Å². The second-order valence-corrected chi connectivity index (χ2v) is 8.27. The van der Waals surface area contributed by atoms with Crippen molar-refractivity contribution in [1.82, 2.24) is 0 Å². The van der Waals surface area contributed by atoms with Crippen LogP contribution in [0.15, 0.2) is 12.2 Å². The third-order valence-electron chi connectivity index (χ3n) is 3.60. The van der Waals surface area contributed by atoms with Gasteiger partial charge in [0.1, 0.15) is 6.10 Å². The van der Waals surface area contributed by atoms with Crippen molar-refractivity contribution in [1.29, 1.82) is 0 Å². The molecular weight excluding hydrogens is 312 g/mol. The number of ether oxygens (including phenoxy) is 2. The Bertz CT molecular complexity index is 303. The van der Waals surface area contributed by atoms with Gasteiger partial charge in [-0.15, -0.1) is 0 Å². The summed E-state index contributed by atoms with van der Waals surface area (Å²) < 4.78 is 28.6. The van der Waals surface area contributed by atoms with E-state index in [9.17, 15) is 0 Å². The zero-order valence-corrected chi connectivity index (χ0v) is 16.2.